The van der Waals surface area contributed by atoms with E-state index in [1.165, 1.54) is 25.3 Å². The van der Waals surface area contributed by atoms with Crippen molar-refractivity contribution < 1.29 is 27.5 Å². The number of benzene rings is 1. The van der Waals surface area contributed by atoms with E-state index in [-0.39, 0.29) is 6.42 Å². The first kappa shape index (κ1) is 14.9. The van der Waals surface area contributed by atoms with Gasteiger partial charge in [-0.15, -0.1) is 0 Å². The minimum absolute atomic E-state index is 0.0692. The molecule has 0 aliphatic rings. The Hall–Kier alpha value is -2.11. The molecule has 0 amide bonds. The third kappa shape index (κ3) is 4.57. The minimum atomic E-state index is -4.87. The lowest BCUT2D eigenvalue weighted by molar-refractivity contribution is -0.139. The summed E-state index contributed by atoms with van der Waals surface area (Å²) in [7, 11) is 1.26. The molecule has 1 rings (SSSR count). The zero-order valence-corrected chi connectivity index (χ0v) is 10.0. The predicted octanol–water partition coefficient (Wildman–Crippen LogP) is 3.01. The van der Waals surface area contributed by atoms with Gasteiger partial charge in [-0.1, -0.05) is 36.4 Å². The van der Waals surface area contributed by atoms with Crippen LogP contribution in [0.25, 0.3) is 6.08 Å². The van der Waals surface area contributed by atoms with Gasteiger partial charge in [-0.3, -0.25) is 9.59 Å². The number of methoxy groups -OCH3 is 1. The molecule has 6 heteroatoms. The summed E-state index contributed by atoms with van der Waals surface area (Å²) in [6.45, 7) is 0. The second-order valence-corrected chi connectivity index (χ2v) is 3.63. The Morgan fingerprint density at radius 3 is 2.26 bits per heavy atom. The highest BCUT2D eigenvalue weighted by Gasteiger charge is 2.38. The van der Waals surface area contributed by atoms with E-state index in [0.717, 1.165) is 12.1 Å². The molecule has 0 saturated carbocycles. The molecule has 19 heavy (non-hydrogen) atoms. The number of carbonyl (C=O) groups excluding carboxylic acids is 2. The van der Waals surface area contributed by atoms with E-state index < -0.39 is 23.5 Å². The van der Waals surface area contributed by atoms with Gasteiger partial charge >= 0.3 is 12.1 Å². The van der Waals surface area contributed by atoms with E-state index in [1.54, 1.807) is 6.08 Å². The molecule has 0 spiro atoms. The van der Waals surface area contributed by atoms with Crippen molar-refractivity contribution in [3.63, 3.8) is 0 Å². The van der Waals surface area contributed by atoms with Crippen LogP contribution in [0.1, 0.15) is 22.3 Å². The molecule has 0 atom stereocenters. The highest BCUT2D eigenvalue weighted by atomic mass is 19.4. The van der Waals surface area contributed by atoms with Crippen LogP contribution >= 0.6 is 0 Å². The largest absolute Gasteiger partial charge is 0.469 e. The van der Waals surface area contributed by atoms with Crippen molar-refractivity contribution in [3.05, 3.63) is 41.5 Å². The average Bonchev–Trinajstić information content (AvgIpc) is 2.37. The van der Waals surface area contributed by atoms with Crippen LogP contribution in [-0.2, 0) is 9.53 Å². The van der Waals surface area contributed by atoms with E-state index in [4.69, 9.17) is 0 Å². The van der Waals surface area contributed by atoms with Crippen molar-refractivity contribution in [1.29, 1.82) is 0 Å². The van der Waals surface area contributed by atoms with Gasteiger partial charge in [-0.25, -0.2) is 0 Å². The van der Waals surface area contributed by atoms with E-state index in [2.05, 4.69) is 4.74 Å². The number of Topliss-reactive ketones (excluding diaryl/α,β-unsaturated/α-hetero) is 1. The summed E-state index contributed by atoms with van der Waals surface area (Å²) in [4.78, 5) is 21.7. The Bertz CT molecular complexity index is 487. The Morgan fingerprint density at radius 1 is 1.21 bits per heavy atom. The summed E-state index contributed by atoms with van der Waals surface area (Å²) < 4.78 is 40.9. The minimum Gasteiger partial charge on any atom is -0.469 e. The zero-order chi connectivity index (χ0) is 14.5. The molecule has 0 saturated heterocycles. The molecule has 0 N–H and O–H groups in total. The molecule has 0 bridgehead atoms. The Kier molecular flexibility index (Phi) is 4.86. The van der Waals surface area contributed by atoms with Crippen molar-refractivity contribution in [2.45, 2.75) is 12.6 Å². The summed E-state index contributed by atoms with van der Waals surface area (Å²) in [6, 6.07) is 4.92. The number of hydrogen-bond acceptors (Lipinski definition) is 3. The number of ketones is 1. The maximum absolute atomic E-state index is 12.2. The van der Waals surface area contributed by atoms with Crippen molar-refractivity contribution in [1.82, 2.24) is 0 Å². The number of alkyl halides is 3. The van der Waals surface area contributed by atoms with Gasteiger partial charge in [0.05, 0.1) is 13.5 Å². The van der Waals surface area contributed by atoms with Crippen molar-refractivity contribution in [2.24, 2.45) is 0 Å². The van der Waals surface area contributed by atoms with Crippen LogP contribution in [0.2, 0.25) is 0 Å². The molecule has 0 aromatic heterocycles. The smallest absolute Gasteiger partial charge is 0.454 e. The number of hydrogen-bond donors (Lipinski definition) is 0. The Balaban J connectivity index is 2.72. The standard InChI is InChI=1S/C13H11F3O3/c1-19-11(17)4-2-3-9-5-7-10(8-6-9)12(18)13(14,15)16/h2-3,5-8H,4H2,1H3. The first-order chi connectivity index (χ1) is 8.84. The molecule has 0 aliphatic heterocycles. The lowest BCUT2D eigenvalue weighted by Gasteiger charge is -2.04. The maximum Gasteiger partial charge on any atom is 0.454 e. The highest BCUT2D eigenvalue weighted by molar-refractivity contribution is 6.00. The van der Waals surface area contributed by atoms with E-state index >= 15 is 0 Å². The van der Waals surface area contributed by atoms with Gasteiger partial charge in [-0.2, -0.15) is 13.2 Å². The third-order valence-electron chi connectivity index (χ3n) is 2.25. The van der Waals surface area contributed by atoms with Gasteiger partial charge in [0.25, 0.3) is 5.78 Å². The van der Waals surface area contributed by atoms with Crippen molar-refractivity contribution in [3.8, 4) is 0 Å². The van der Waals surface area contributed by atoms with Crippen LogP contribution in [0.5, 0.6) is 0 Å². The lowest BCUT2D eigenvalue weighted by atomic mass is 10.1. The van der Waals surface area contributed by atoms with Crippen LogP contribution < -0.4 is 0 Å². The molecule has 0 radical (unpaired) electrons. The Morgan fingerprint density at radius 2 is 1.79 bits per heavy atom. The summed E-state index contributed by atoms with van der Waals surface area (Å²) in [5.74, 6) is -2.29. The van der Waals surface area contributed by atoms with E-state index in [1.807, 2.05) is 0 Å². The highest BCUT2D eigenvalue weighted by Crippen LogP contribution is 2.21. The zero-order valence-electron chi connectivity index (χ0n) is 10.0. The lowest BCUT2D eigenvalue weighted by Crippen LogP contribution is -2.22. The van der Waals surface area contributed by atoms with Gasteiger partial charge in [0.15, 0.2) is 0 Å². The fourth-order valence-corrected chi connectivity index (χ4v) is 1.28. The van der Waals surface area contributed by atoms with E-state index in [0.29, 0.717) is 5.56 Å². The van der Waals surface area contributed by atoms with E-state index in [9.17, 15) is 22.8 Å². The molecule has 0 unspecified atom stereocenters. The summed E-state index contributed by atoms with van der Waals surface area (Å²) in [5, 5.41) is 0. The molecule has 1 aromatic carbocycles. The second kappa shape index (κ2) is 6.17. The number of carbonyl (C=O) groups is 2. The fourth-order valence-electron chi connectivity index (χ4n) is 1.28. The third-order valence-corrected chi connectivity index (χ3v) is 2.25. The topological polar surface area (TPSA) is 43.4 Å². The number of ether oxygens (including phenoxy) is 1. The molecular formula is C13H11F3O3. The average molecular weight is 272 g/mol. The summed E-state index contributed by atoms with van der Waals surface area (Å²) in [5.41, 5.74) is 0.167. The molecule has 0 fully saturated rings. The molecule has 0 aliphatic carbocycles. The predicted molar refractivity (Wildman–Crippen MR) is 62.5 cm³/mol. The van der Waals surface area contributed by atoms with Gasteiger partial charge in [0.2, 0.25) is 0 Å². The maximum atomic E-state index is 12.2. The quantitative estimate of drug-likeness (QED) is 0.625. The second-order valence-electron chi connectivity index (χ2n) is 3.63. The van der Waals surface area contributed by atoms with Crippen LogP contribution in [0, 0.1) is 0 Å². The van der Waals surface area contributed by atoms with Crippen LogP contribution in [0.15, 0.2) is 30.3 Å². The number of halogens is 3. The molecule has 0 heterocycles. The number of rotatable bonds is 4. The van der Waals surface area contributed by atoms with Gasteiger partial charge in [0, 0.05) is 5.56 Å². The first-order valence-corrected chi connectivity index (χ1v) is 5.29. The van der Waals surface area contributed by atoms with Crippen molar-refractivity contribution >= 4 is 17.8 Å². The Labute approximate surface area is 107 Å². The monoisotopic (exact) mass is 272 g/mol. The molecule has 3 nitrogen and oxygen atoms in total. The van der Waals surface area contributed by atoms with Crippen molar-refractivity contribution in [2.75, 3.05) is 7.11 Å². The van der Waals surface area contributed by atoms with Gasteiger partial charge in [-0.05, 0) is 5.56 Å². The number of esters is 1. The fraction of sp³-hybridized carbons (Fsp3) is 0.231. The SMILES string of the molecule is COC(=O)CC=Cc1ccc(C(=O)C(F)(F)F)cc1. The van der Waals surface area contributed by atoms with Gasteiger partial charge in [0.1, 0.15) is 0 Å². The molecule has 1 aromatic rings. The summed E-state index contributed by atoms with van der Waals surface area (Å²) >= 11 is 0. The summed E-state index contributed by atoms with van der Waals surface area (Å²) in [6.07, 6.45) is -1.73. The van der Waals surface area contributed by atoms with Crippen LogP contribution in [0.4, 0.5) is 13.2 Å². The molecule has 102 valence electrons. The van der Waals surface area contributed by atoms with Crippen LogP contribution in [0.3, 0.4) is 0 Å². The van der Waals surface area contributed by atoms with Crippen LogP contribution in [-0.4, -0.2) is 25.0 Å². The molecular weight excluding hydrogens is 261 g/mol. The first-order valence-electron chi connectivity index (χ1n) is 5.29. The van der Waals surface area contributed by atoms with Gasteiger partial charge < -0.3 is 4.74 Å². The normalized spacial score (nSPS) is 11.6.